The Kier molecular flexibility index (Phi) is 5.76. The van der Waals surface area contributed by atoms with Crippen LogP contribution >= 0.6 is 0 Å². The highest BCUT2D eigenvalue weighted by Crippen LogP contribution is 2.34. The van der Waals surface area contributed by atoms with E-state index in [-0.39, 0.29) is 18.7 Å². The first kappa shape index (κ1) is 19.4. The zero-order valence-corrected chi connectivity index (χ0v) is 16.9. The van der Waals surface area contributed by atoms with E-state index >= 15 is 0 Å². The molecule has 2 aliphatic heterocycles. The fourth-order valence-electron chi connectivity index (χ4n) is 3.84. The van der Waals surface area contributed by atoms with Crippen molar-refractivity contribution >= 4 is 11.6 Å². The quantitative estimate of drug-likeness (QED) is 0.760. The minimum absolute atomic E-state index is 0.0722. The van der Waals surface area contributed by atoms with Gasteiger partial charge in [-0.1, -0.05) is 6.07 Å². The summed E-state index contributed by atoms with van der Waals surface area (Å²) in [5, 5.41) is 3.11. The summed E-state index contributed by atoms with van der Waals surface area (Å²) in [6, 6.07) is 13.9. The van der Waals surface area contributed by atoms with Crippen LogP contribution in [0.25, 0.3) is 0 Å². The molecule has 0 spiro atoms. The standard InChI is InChI=1S/C22H27N3O4/c1-16(17-3-8-20-21(13-17)29-15-28-20)23-22(26)14-24-9-11-25(12-10-24)18-4-6-19(27-2)7-5-18/h3-8,13,16H,9-12,14-15H2,1-2H3,(H,23,26)/p+1/t16-/m1/s1. The highest BCUT2D eigenvalue weighted by molar-refractivity contribution is 5.77. The lowest BCUT2D eigenvalue weighted by molar-refractivity contribution is -0.892. The van der Waals surface area contributed by atoms with E-state index < -0.39 is 0 Å². The van der Waals surface area contributed by atoms with Gasteiger partial charge in [-0.2, -0.15) is 0 Å². The van der Waals surface area contributed by atoms with E-state index in [1.54, 1.807) is 7.11 Å². The summed E-state index contributed by atoms with van der Waals surface area (Å²) in [5.41, 5.74) is 2.22. The Morgan fingerprint density at radius 2 is 1.86 bits per heavy atom. The molecule has 0 aromatic heterocycles. The molecule has 7 nitrogen and oxygen atoms in total. The number of hydrogen-bond acceptors (Lipinski definition) is 5. The summed E-state index contributed by atoms with van der Waals surface area (Å²) in [6.45, 7) is 6.50. The maximum atomic E-state index is 12.5. The lowest BCUT2D eigenvalue weighted by Gasteiger charge is -2.33. The number of anilines is 1. The van der Waals surface area contributed by atoms with Crippen molar-refractivity contribution in [2.24, 2.45) is 0 Å². The number of benzene rings is 2. The van der Waals surface area contributed by atoms with Crippen LogP contribution < -0.4 is 29.3 Å². The van der Waals surface area contributed by atoms with Crippen LogP contribution in [0, 0.1) is 0 Å². The third kappa shape index (κ3) is 4.56. The van der Waals surface area contributed by atoms with Crippen LogP contribution in [-0.2, 0) is 4.79 Å². The largest absolute Gasteiger partial charge is 0.497 e. The predicted octanol–water partition coefficient (Wildman–Crippen LogP) is 1.01. The fraction of sp³-hybridized carbons (Fsp3) is 0.409. The Labute approximate surface area is 171 Å². The third-order valence-electron chi connectivity index (χ3n) is 5.59. The van der Waals surface area contributed by atoms with Crippen molar-refractivity contribution in [3.05, 3.63) is 48.0 Å². The molecule has 2 aliphatic rings. The Morgan fingerprint density at radius 1 is 1.14 bits per heavy atom. The molecule has 1 fully saturated rings. The van der Waals surface area contributed by atoms with E-state index in [0.717, 1.165) is 49.0 Å². The van der Waals surface area contributed by atoms with Gasteiger partial charge in [0.1, 0.15) is 5.75 Å². The molecule has 2 N–H and O–H groups in total. The molecule has 7 heteroatoms. The molecule has 0 unspecified atom stereocenters. The number of hydrogen-bond donors (Lipinski definition) is 2. The molecular formula is C22H28N3O4+. The molecule has 2 aromatic carbocycles. The summed E-state index contributed by atoms with van der Waals surface area (Å²) in [5.74, 6) is 2.43. The van der Waals surface area contributed by atoms with Crippen LogP contribution in [0.1, 0.15) is 18.5 Å². The maximum absolute atomic E-state index is 12.5. The van der Waals surface area contributed by atoms with Crippen LogP contribution in [0.5, 0.6) is 17.2 Å². The summed E-state index contributed by atoms with van der Waals surface area (Å²) < 4.78 is 16.0. The molecule has 1 saturated heterocycles. The van der Waals surface area contributed by atoms with Crippen LogP contribution in [0.3, 0.4) is 0 Å². The number of nitrogens with one attached hydrogen (secondary N) is 2. The van der Waals surface area contributed by atoms with Crippen molar-refractivity contribution in [1.29, 1.82) is 0 Å². The number of nitrogens with zero attached hydrogens (tertiary/aromatic N) is 1. The van der Waals surface area contributed by atoms with Gasteiger partial charge >= 0.3 is 0 Å². The summed E-state index contributed by atoms with van der Waals surface area (Å²) in [6.07, 6.45) is 0. The molecule has 2 heterocycles. The van der Waals surface area contributed by atoms with Gasteiger partial charge in [-0.15, -0.1) is 0 Å². The van der Waals surface area contributed by atoms with Gasteiger partial charge in [0, 0.05) is 5.69 Å². The minimum Gasteiger partial charge on any atom is -0.497 e. The first-order valence-electron chi connectivity index (χ1n) is 10.0. The number of fused-ring (bicyclic) bond motifs is 1. The van der Waals surface area contributed by atoms with Crippen LogP contribution in [0.4, 0.5) is 5.69 Å². The summed E-state index contributed by atoms with van der Waals surface area (Å²) in [7, 11) is 1.68. The monoisotopic (exact) mass is 398 g/mol. The van der Waals surface area contributed by atoms with E-state index in [2.05, 4.69) is 22.3 Å². The van der Waals surface area contributed by atoms with E-state index in [1.165, 1.54) is 10.6 Å². The van der Waals surface area contributed by atoms with E-state index in [4.69, 9.17) is 14.2 Å². The Balaban J connectivity index is 1.25. The molecule has 0 bridgehead atoms. The number of rotatable bonds is 6. The van der Waals surface area contributed by atoms with E-state index in [1.807, 2.05) is 37.3 Å². The van der Waals surface area contributed by atoms with E-state index in [0.29, 0.717) is 6.54 Å². The number of ether oxygens (including phenoxy) is 3. The maximum Gasteiger partial charge on any atom is 0.275 e. The second-order valence-corrected chi connectivity index (χ2v) is 7.51. The second-order valence-electron chi connectivity index (χ2n) is 7.51. The van der Waals surface area contributed by atoms with Crippen LogP contribution in [0.2, 0.25) is 0 Å². The number of piperazine rings is 1. The highest BCUT2D eigenvalue weighted by atomic mass is 16.7. The van der Waals surface area contributed by atoms with Crippen LogP contribution in [0.15, 0.2) is 42.5 Å². The Bertz CT molecular complexity index is 848. The van der Waals surface area contributed by atoms with Gasteiger partial charge in [0.2, 0.25) is 6.79 Å². The normalized spacial score (nSPS) is 17.1. The molecule has 4 rings (SSSR count). The topological polar surface area (TPSA) is 64.5 Å². The molecule has 1 atom stereocenters. The van der Waals surface area contributed by atoms with Crippen molar-refractivity contribution < 1.29 is 23.9 Å². The van der Waals surface area contributed by atoms with Crippen LogP contribution in [-0.4, -0.2) is 52.5 Å². The van der Waals surface area contributed by atoms with Crippen molar-refractivity contribution in [3.63, 3.8) is 0 Å². The zero-order valence-electron chi connectivity index (χ0n) is 16.9. The molecule has 0 radical (unpaired) electrons. The molecule has 0 saturated carbocycles. The average Bonchev–Trinajstić information content (AvgIpc) is 3.22. The minimum atomic E-state index is -0.0722. The smallest absolute Gasteiger partial charge is 0.275 e. The SMILES string of the molecule is COc1ccc(N2CC[NH+](CC(=O)N[C@H](C)c3ccc4c(c3)OCO4)CC2)cc1. The van der Waals surface area contributed by atoms with Crippen molar-refractivity contribution in [2.45, 2.75) is 13.0 Å². The van der Waals surface area contributed by atoms with Gasteiger partial charge in [0.25, 0.3) is 5.91 Å². The summed E-state index contributed by atoms with van der Waals surface area (Å²) in [4.78, 5) is 16.2. The van der Waals surface area contributed by atoms with E-state index in [9.17, 15) is 4.79 Å². The zero-order chi connectivity index (χ0) is 20.2. The number of amides is 1. The van der Waals surface area contributed by atoms with Gasteiger partial charge in [-0.05, 0) is 48.9 Å². The lowest BCUT2D eigenvalue weighted by atomic mass is 10.1. The number of quaternary nitrogens is 1. The van der Waals surface area contributed by atoms with Gasteiger partial charge in [-0.25, -0.2) is 0 Å². The molecule has 2 aromatic rings. The predicted molar refractivity (Wildman–Crippen MR) is 110 cm³/mol. The number of carbonyl (C=O) groups is 1. The second kappa shape index (κ2) is 8.61. The third-order valence-corrected chi connectivity index (χ3v) is 5.59. The molecule has 154 valence electrons. The van der Waals surface area contributed by atoms with Gasteiger partial charge < -0.3 is 29.3 Å². The molecular weight excluding hydrogens is 370 g/mol. The molecule has 1 amide bonds. The van der Waals surface area contributed by atoms with Gasteiger partial charge in [-0.3, -0.25) is 4.79 Å². The Hall–Kier alpha value is -2.93. The van der Waals surface area contributed by atoms with Crippen molar-refractivity contribution in [1.82, 2.24) is 5.32 Å². The number of methoxy groups -OCH3 is 1. The summed E-state index contributed by atoms with van der Waals surface area (Å²) >= 11 is 0. The van der Waals surface area contributed by atoms with Crippen molar-refractivity contribution in [3.8, 4) is 17.2 Å². The Morgan fingerprint density at radius 3 is 2.59 bits per heavy atom. The molecule has 29 heavy (non-hydrogen) atoms. The van der Waals surface area contributed by atoms with Gasteiger partial charge in [0.05, 0.1) is 39.3 Å². The van der Waals surface area contributed by atoms with Crippen molar-refractivity contribution in [2.75, 3.05) is 51.5 Å². The number of carbonyl (C=O) groups excluding carboxylic acids is 1. The lowest BCUT2D eigenvalue weighted by Crippen LogP contribution is -3.15. The average molecular weight is 398 g/mol. The molecule has 0 aliphatic carbocycles. The fourth-order valence-corrected chi connectivity index (χ4v) is 3.84. The highest BCUT2D eigenvalue weighted by Gasteiger charge is 2.23. The first-order valence-corrected chi connectivity index (χ1v) is 10.0. The van der Waals surface area contributed by atoms with Gasteiger partial charge in [0.15, 0.2) is 18.0 Å². The first-order chi connectivity index (χ1) is 14.1.